The third-order valence-corrected chi connectivity index (χ3v) is 8.84. The number of phenols is 1. The first-order valence-corrected chi connectivity index (χ1v) is 16.0. The Morgan fingerprint density at radius 3 is 2.23 bits per heavy atom. The highest BCUT2D eigenvalue weighted by Crippen LogP contribution is 2.37. The van der Waals surface area contributed by atoms with Gasteiger partial charge in [0.25, 0.3) is 0 Å². The van der Waals surface area contributed by atoms with Crippen LogP contribution in [0.4, 0.5) is 5.69 Å². The predicted molar refractivity (Wildman–Crippen MR) is 176 cm³/mol. The number of hydrogen-bond donors (Lipinski definition) is 1. The van der Waals surface area contributed by atoms with Crippen LogP contribution in [0.1, 0.15) is 43.7 Å². The van der Waals surface area contributed by atoms with Crippen molar-refractivity contribution in [3.63, 3.8) is 0 Å². The Balaban J connectivity index is 0.000000548. The number of carbonyl (C=O) groups is 1. The average Bonchev–Trinajstić information content (AvgIpc) is 3.81. The Hall–Kier alpha value is -3.75. The molecule has 0 atom stereocenters. The van der Waals surface area contributed by atoms with Crippen LogP contribution in [0.15, 0.2) is 77.3 Å². The van der Waals surface area contributed by atoms with Crippen molar-refractivity contribution in [2.45, 2.75) is 45.3 Å². The number of aryl methyl sites for hydroxylation is 1. The van der Waals surface area contributed by atoms with E-state index in [9.17, 15) is 9.90 Å². The van der Waals surface area contributed by atoms with Gasteiger partial charge in [-0.15, -0.1) is 11.8 Å². The molecule has 0 aromatic heterocycles. The summed E-state index contributed by atoms with van der Waals surface area (Å²) in [5, 5.41) is 10.4. The van der Waals surface area contributed by atoms with Gasteiger partial charge in [0.05, 0.1) is 10.7 Å². The molecule has 0 saturated carbocycles. The Morgan fingerprint density at radius 1 is 0.907 bits per heavy atom. The Labute approximate surface area is 259 Å². The molecule has 0 radical (unpaired) electrons. The Morgan fingerprint density at radius 2 is 1.56 bits per heavy atom. The number of fused-ring (bicyclic) bond motifs is 1. The van der Waals surface area contributed by atoms with E-state index in [4.69, 9.17) is 14.5 Å². The van der Waals surface area contributed by atoms with E-state index in [-0.39, 0.29) is 18.4 Å². The maximum absolute atomic E-state index is 12.9. The van der Waals surface area contributed by atoms with E-state index < -0.39 is 0 Å². The van der Waals surface area contributed by atoms with Crippen molar-refractivity contribution >= 4 is 28.4 Å². The maximum atomic E-state index is 12.9. The number of hydrogen-bond acceptors (Lipinski definition) is 7. The molecule has 2 fully saturated rings. The normalized spacial score (nSPS) is 16.8. The third kappa shape index (κ3) is 8.42. The van der Waals surface area contributed by atoms with Crippen LogP contribution in [0.25, 0.3) is 11.1 Å². The summed E-state index contributed by atoms with van der Waals surface area (Å²) in [6.45, 7) is 8.44. The quantitative estimate of drug-likeness (QED) is 0.182. The molecule has 2 saturated heterocycles. The number of nitrogens with zero attached hydrogens (tertiary/aromatic N) is 3. The van der Waals surface area contributed by atoms with Crippen molar-refractivity contribution in [1.29, 1.82) is 0 Å². The Kier molecular flexibility index (Phi) is 10.4. The number of likely N-dealkylation sites (tertiary alicyclic amines) is 2. The van der Waals surface area contributed by atoms with Gasteiger partial charge >= 0.3 is 0 Å². The number of phenolic OH excluding ortho intramolecular Hbond substituents is 1. The Bertz CT molecular complexity index is 1470. The molecule has 6 rings (SSSR count). The number of rotatable bonds is 6. The highest BCUT2D eigenvalue weighted by atomic mass is 32.2. The lowest BCUT2D eigenvalue weighted by molar-refractivity contribution is -0.126. The van der Waals surface area contributed by atoms with Gasteiger partial charge in [-0.3, -0.25) is 4.79 Å². The summed E-state index contributed by atoms with van der Waals surface area (Å²) >= 11 is 1.58. The molecular formula is C35H41N3O4S. The van der Waals surface area contributed by atoms with Crippen LogP contribution in [-0.2, 0) is 10.5 Å². The molecule has 0 bridgehead atoms. The van der Waals surface area contributed by atoms with Gasteiger partial charge in [-0.1, -0.05) is 24.3 Å². The van der Waals surface area contributed by atoms with Gasteiger partial charge in [0.1, 0.15) is 5.75 Å². The molecule has 0 spiro atoms. The number of ether oxygens (including phenoxy) is 2. The summed E-state index contributed by atoms with van der Waals surface area (Å²) in [5.41, 5.74) is 5.78. The monoisotopic (exact) mass is 599 g/mol. The summed E-state index contributed by atoms with van der Waals surface area (Å²) < 4.78 is 11.0. The highest BCUT2D eigenvalue weighted by molar-refractivity contribution is 8.13. The van der Waals surface area contributed by atoms with Gasteiger partial charge < -0.3 is 24.4 Å². The number of benzene rings is 3. The first kappa shape index (κ1) is 30.7. The molecule has 0 unspecified atom stereocenters. The number of aromatic hydroxyl groups is 1. The largest absolute Gasteiger partial charge is 0.508 e. The van der Waals surface area contributed by atoms with Crippen LogP contribution in [-0.4, -0.2) is 65.9 Å². The van der Waals surface area contributed by atoms with Crippen LogP contribution in [0.5, 0.6) is 17.2 Å². The molecule has 3 aromatic rings. The fourth-order valence-corrected chi connectivity index (χ4v) is 6.23. The van der Waals surface area contributed by atoms with Crippen molar-refractivity contribution < 1.29 is 19.4 Å². The van der Waals surface area contributed by atoms with E-state index in [0.29, 0.717) is 11.3 Å². The molecule has 0 aliphatic carbocycles. The zero-order chi connectivity index (χ0) is 30.2. The lowest BCUT2D eigenvalue weighted by Gasteiger charge is -2.15. The SMILES string of the molecule is C/C(=C\C(=Nc1ccc(-c2ccc3c(c2)OCO3)cc1C)SCc1ccc(O)cc1)C(=O)N1CCCC1.CN1CCCC1. The topological polar surface area (TPSA) is 74.6 Å². The van der Waals surface area contributed by atoms with E-state index >= 15 is 0 Å². The molecule has 3 aromatic carbocycles. The fourth-order valence-electron chi connectivity index (χ4n) is 5.30. The van der Waals surface area contributed by atoms with Crippen molar-refractivity contribution in [1.82, 2.24) is 9.80 Å². The fraction of sp³-hybridized carbons (Fsp3) is 0.371. The molecule has 7 nitrogen and oxygen atoms in total. The highest BCUT2D eigenvalue weighted by Gasteiger charge is 2.20. The van der Waals surface area contributed by atoms with Crippen LogP contribution < -0.4 is 9.47 Å². The molecule has 3 aliphatic heterocycles. The van der Waals surface area contributed by atoms with E-state index in [0.717, 1.165) is 70.4 Å². The molecule has 43 heavy (non-hydrogen) atoms. The molecule has 3 aliphatic rings. The molecule has 8 heteroatoms. The van der Waals surface area contributed by atoms with Crippen molar-refractivity contribution in [3.05, 3.63) is 83.4 Å². The maximum Gasteiger partial charge on any atom is 0.249 e. The number of aliphatic imine (C=N–C) groups is 1. The van der Waals surface area contributed by atoms with E-state index in [1.807, 2.05) is 61.2 Å². The van der Waals surface area contributed by atoms with Crippen LogP contribution >= 0.6 is 11.8 Å². The molecule has 226 valence electrons. The average molecular weight is 600 g/mol. The summed E-state index contributed by atoms with van der Waals surface area (Å²) in [4.78, 5) is 22.2. The van der Waals surface area contributed by atoms with Gasteiger partial charge in [0.15, 0.2) is 11.5 Å². The second kappa shape index (κ2) is 14.6. The summed E-state index contributed by atoms with van der Waals surface area (Å²) in [5.74, 6) is 2.52. The van der Waals surface area contributed by atoms with Crippen molar-refractivity contribution in [2.24, 2.45) is 4.99 Å². The lowest BCUT2D eigenvalue weighted by atomic mass is 10.0. The second-order valence-electron chi connectivity index (χ2n) is 11.3. The number of thioether (sulfide) groups is 1. The second-order valence-corrected chi connectivity index (χ2v) is 12.3. The van der Waals surface area contributed by atoms with Crippen molar-refractivity contribution in [2.75, 3.05) is 40.0 Å². The smallest absolute Gasteiger partial charge is 0.249 e. The van der Waals surface area contributed by atoms with Gasteiger partial charge in [0.2, 0.25) is 12.7 Å². The van der Waals surface area contributed by atoms with Crippen molar-refractivity contribution in [3.8, 4) is 28.4 Å². The first-order valence-electron chi connectivity index (χ1n) is 15.0. The van der Waals surface area contributed by atoms with E-state index in [2.05, 4.69) is 24.1 Å². The van der Waals surface area contributed by atoms with Crippen LogP contribution in [0.3, 0.4) is 0 Å². The summed E-state index contributed by atoms with van der Waals surface area (Å²) in [6.07, 6.45) is 6.85. The van der Waals surface area contributed by atoms with Gasteiger partial charge in [0, 0.05) is 24.4 Å². The summed E-state index contributed by atoms with van der Waals surface area (Å²) in [6, 6.07) is 19.3. The van der Waals surface area contributed by atoms with E-state index in [1.54, 1.807) is 23.9 Å². The number of amides is 1. The lowest BCUT2D eigenvalue weighted by Crippen LogP contribution is -2.28. The minimum atomic E-state index is 0.0744. The van der Waals surface area contributed by atoms with Gasteiger partial charge in [-0.25, -0.2) is 4.99 Å². The van der Waals surface area contributed by atoms with Crippen LogP contribution in [0.2, 0.25) is 0 Å². The molecular weight excluding hydrogens is 558 g/mol. The molecule has 3 heterocycles. The number of carbonyl (C=O) groups excluding carboxylic acids is 1. The van der Waals surface area contributed by atoms with E-state index in [1.165, 1.54) is 25.9 Å². The van der Waals surface area contributed by atoms with Crippen LogP contribution in [0, 0.1) is 6.92 Å². The van der Waals surface area contributed by atoms with Gasteiger partial charge in [-0.2, -0.15) is 0 Å². The minimum absolute atomic E-state index is 0.0744. The zero-order valence-electron chi connectivity index (χ0n) is 25.3. The first-order chi connectivity index (χ1) is 20.9. The molecule has 1 amide bonds. The zero-order valence-corrected chi connectivity index (χ0v) is 26.2. The standard InChI is InChI=1S/C30H30N2O4S.C5H11N/c1-20-15-23(24-8-12-27-28(17-24)36-19-35-27)7-11-26(20)31-29(37-18-22-5-9-25(33)10-6-22)16-21(2)30(34)32-13-3-4-14-32;1-6-4-2-3-5-6/h5-12,15-17,33H,3-4,13-14,18-19H2,1-2H3;2-5H2,1H3/b21-16+,31-29?;. The molecule has 1 N–H and O–H groups in total. The third-order valence-electron chi connectivity index (χ3n) is 7.86. The predicted octanol–water partition coefficient (Wildman–Crippen LogP) is 7.34. The minimum Gasteiger partial charge on any atom is -0.508 e. The van der Waals surface area contributed by atoms with Gasteiger partial charge in [-0.05, 0) is 124 Å². The summed E-state index contributed by atoms with van der Waals surface area (Å²) in [7, 11) is 2.17.